The van der Waals surface area contributed by atoms with Crippen LogP contribution in [0.25, 0.3) is 0 Å². The molecule has 0 spiro atoms. The minimum atomic E-state index is -4.79. The van der Waals surface area contributed by atoms with Crippen molar-refractivity contribution in [2.45, 2.75) is 19.4 Å². The number of carbonyl (C=O) groups excluding carboxylic acids is 1. The smallest absolute Gasteiger partial charge is 0.435 e. The van der Waals surface area contributed by atoms with Gasteiger partial charge in [-0.15, -0.1) is 13.2 Å². The van der Waals surface area contributed by atoms with Gasteiger partial charge in [-0.25, -0.2) is 0 Å². The second-order valence-corrected chi connectivity index (χ2v) is 5.10. The van der Waals surface area contributed by atoms with Crippen LogP contribution in [-0.4, -0.2) is 25.4 Å². The van der Waals surface area contributed by atoms with Crippen molar-refractivity contribution in [2.75, 3.05) is 6.54 Å². The van der Waals surface area contributed by atoms with Gasteiger partial charge in [-0.2, -0.15) is 8.78 Å². The topological polar surface area (TPSA) is 47.6 Å². The van der Waals surface area contributed by atoms with Gasteiger partial charge in [0.2, 0.25) is 0 Å². The van der Waals surface area contributed by atoms with E-state index in [0.29, 0.717) is 6.42 Å². The molecule has 0 heterocycles. The van der Waals surface area contributed by atoms with Crippen molar-refractivity contribution in [3.8, 4) is 11.5 Å². The maximum atomic E-state index is 12.1. The summed E-state index contributed by atoms with van der Waals surface area (Å²) >= 11 is 0. The average molecular weight is 375 g/mol. The molecule has 0 bridgehead atoms. The summed E-state index contributed by atoms with van der Waals surface area (Å²) in [5.41, 5.74) is 0.973. The van der Waals surface area contributed by atoms with Crippen molar-refractivity contribution < 1.29 is 36.2 Å². The van der Waals surface area contributed by atoms with E-state index in [1.165, 1.54) is 24.3 Å². The van der Waals surface area contributed by atoms with Crippen LogP contribution >= 0.6 is 0 Å². The molecule has 0 aliphatic heterocycles. The first kappa shape index (κ1) is 19.5. The summed E-state index contributed by atoms with van der Waals surface area (Å²) in [6, 6.07) is 10.5. The predicted molar refractivity (Wildman–Crippen MR) is 82.2 cm³/mol. The number of rotatable bonds is 7. The van der Waals surface area contributed by atoms with Crippen LogP contribution in [0.3, 0.4) is 0 Å². The van der Waals surface area contributed by atoms with Crippen molar-refractivity contribution in [1.29, 1.82) is 0 Å². The summed E-state index contributed by atoms with van der Waals surface area (Å²) in [5, 5.41) is 2.61. The van der Waals surface area contributed by atoms with Crippen molar-refractivity contribution in [2.24, 2.45) is 0 Å². The van der Waals surface area contributed by atoms with Crippen LogP contribution in [0.1, 0.15) is 15.9 Å². The number of nitrogens with one attached hydrogen (secondary N) is 1. The molecule has 1 N–H and O–H groups in total. The molecule has 0 atom stereocenters. The zero-order valence-corrected chi connectivity index (χ0v) is 13.2. The van der Waals surface area contributed by atoms with Crippen LogP contribution in [0.5, 0.6) is 11.5 Å². The molecule has 140 valence electrons. The number of benzene rings is 2. The summed E-state index contributed by atoms with van der Waals surface area (Å²) in [4.78, 5) is 11.9. The third-order valence-electron chi connectivity index (χ3n) is 3.20. The Balaban J connectivity index is 1.81. The molecule has 1 amide bonds. The lowest BCUT2D eigenvalue weighted by Gasteiger charge is -2.10. The van der Waals surface area contributed by atoms with Gasteiger partial charge in [0.05, 0.1) is 0 Å². The molecule has 0 saturated carbocycles. The van der Waals surface area contributed by atoms with Crippen LogP contribution in [0.4, 0.5) is 22.0 Å². The molecule has 2 aromatic rings. The molecule has 9 heteroatoms. The van der Waals surface area contributed by atoms with Gasteiger partial charge in [0, 0.05) is 12.1 Å². The fourth-order valence-electron chi connectivity index (χ4n) is 2.07. The monoisotopic (exact) mass is 375 g/mol. The standard InChI is InChI=1S/C17H14F5NO3/c18-16(19)25-13-5-1-11(2-6-13)9-10-23-15(24)12-3-7-14(8-4-12)26-17(20,21)22/h1-8,16H,9-10H2,(H,23,24). The minimum Gasteiger partial charge on any atom is -0.435 e. The average Bonchev–Trinajstić information content (AvgIpc) is 2.55. The maximum absolute atomic E-state index is 12.1. The first-order valence-corrected chi connectivity index (χ1v) is 7.41. The Morgan fingerprint density at radius 2 is 1.54 bits per heavy atom. The highest BCUT2D eigenvalue weighted by atomic mass is 19.4. The van der Waals surface area contributed by atoms with Gasteiger partial charge in [0.1, 0.15) is 11.5 Å². The van der Waals surface area contributed by atoms with Gasteiger partial charge in [0.15, 0.2) is 0 Å². The molecule has 26 heavy (non-hydrogen) atoms. The van der Waals surface area contributed by atoms with E-state index in [-0.39, 0.29) is 17.9 Å². The van der Waals surface area contributed by atoms with E-state index < -0.39 is 24.6 Å². The highest BCUT2D eigenvalue weighted by Gasteiger charge is 2.31. The summed E-state index contributed by atoms with van der Waals surface area (Å²) in [6.07, 6.45) is -4.35. The Hall–Kier alpha value is -2.84. The van der Waals surface area contributed by atoms with Gasteiger partial charge < -0.3 is 14.8 Å². The van der Waals surface area contributed by atoms with Gasteiger partial charge in [0.25, 0.3) is 5.91 Å². The third kappa shape index (κ3) is 6.58. The van der Waals surface area contributed by atoms with E-state index >= 15 is 0 Å². The summed E-state index contributed by atoms with van der Waals surface area (Å²) in [6.45, 7) is -2.64. The fraction of sp³-hybridized carbons (Fsp3) is 0.235. The largest absolute Gasteiger partial charge is 0.573 e. The van der Waals surface area contributed by atoms with Gasteiger partial charge in [-0.3, -0.25) is 4.79 Å². The Morgan fingerprint density at radius 1 is 0.962 bits per heavy atom. The first-order valence-electron chi connectivity index (χ1n) is 7.41. The SMILES string of the molecule is O=C(NCCc1ccc(OC(F)F)cc1)c1ccc(OC(F)(F)F)cc1. The lowest BCUT2D eigenvalue weighted by Crippen LogP contribution is -2.25. The molecule has 0 aliphatic rings. The lowest BCUT2D eigenvalue weighted by molar-refractivity contribution is -0.274. The number of ether oxygens (including phenoxy) is 2. The lowest BCUT2D eigenvalue weighted by atomic mass is 10.1. The fourth-order valence-corrected chi connectivity index (χ4v) is 2.07. The number of hydrogen-bond acceptors (Lipinski definition) is 3. The second kappa shape index (κ2) is 8.50. The van der Waals surface area contributed by atoms with Crippen LogP contribution in [0.15, 0.2) is 48.5 Å². The normalized spacial score (nSPS) is 11.3. The molecule has 0 saturated heterocycles. The zero-order valence-electron chi connectivity index (χ0n) is 13.2. The van der Waals surface area contributed by atoms with E-state index in [1.807, 2.05) is 0 Å². The van der Waals surface area contributed by atoms with Crippen LogP contribution in [-0.2, 0) is 6.42 Å². The third-order valence-corrected chi connectivity index (χ3v) is 3.20. The molecular formula is C17H14F5NO3. The molecule has 0 aliphatic carbocycles. The van der Waals surface area contributed by atoms with E-state index in [1.54, 1.807) is 12.1 Å². The molecule has 2 rings (SSSR count). The van der Waals surface area contributed by atoms with Crippen molar-refractivity contribution in [3.63, 3.8) is 0 Å². The van der Waals surface area contributed by atoms with Crippen molar-refractivity contribution in [3.05, 3.63) is 59.7 Å². The van der Waals surface area contributed by atoms with E-state index in [9.17, 15) is 26.7 Å². The predicted octanol–water partition coefficient (Wildman–Crippen LogP) is 4.16. The Morgan fingerprint density at radius 3 is 2.08 bits per heavy atom. The second-order valence-electron chi connectivity index (χ2n) is 5.10. The van der Waals surface area contributed by atoms with Crippen molar-refractivity contribution in [1.82, 2.24) is 5.32 Å². The molecule has 0 unspecified atom stereocenters. The number of halogens is 5. The number of carbonyl (C=O) groups is 1. The molecule has 0 fully saturated rings. The van der Waals surface area contributed by atoms with E-state index in [2.05, 4.69) is 14.8 Å². The maximum Gasteiger partial charge on any atom is 0.573 e. The van der Waals surface area contributed by atoms with Crippen molar-refractivity contribution >= 4 is 5.91 Å². The van der Waals surface area contributed by atoms with Gasteiger partial charge in [-0.1, -0.05) is 12.1 Å². The highest BCUT2D eigenvalue weighted by molar-refractivity contribution is 5.94. The zero-order chi connectivity index (χ0) is 19.2. The van der Waals surface area contributed by atoms with Crippen LogP contribution < -0.4 is 14.8 Å². The molecular weight excluding hydrogens is 361 g/mol. The number of hydrogen-bond donors (Lipinski definition) is 1. The Labute approximate surface area is 145 Å². The summed E-state index contributed by atoms with van der Waals surface area (Å²) in [5.74, 6) is -0.838. The molecule has 4 nitrogen and oxygen atoms in total. The minimum absolute atomic E-state index is 0.0361. The Bertz CT molecular complexity index is 715. The number of amides is 1. The summed E-state index contributed by atoms with van der Waals surface area (Å²) < 4.78 is 68.2. The van der Waals surface area contributed by atoms with Gasteiger partial charge >= 0.3 is 13.0 Å². The quantitative estimate of drug-likeness (QED) is 0.740. The highest BCUT2D eigenvalue weighted by Crippen LogP contribution is 2.22. The van der Waals surface area contributed by atoms with E-state index in [0.717, 1.165) is 17.7 Å². The van der Waals surface area contributed by atoms with E-state index in [4.69, 9.17) is 0 Å². The molecule has 0 radical (unpaired) electrons. The van der Waals surface area contributed by atoms with Crippen LogP contribution in [0, 0.1) is 0 Å². The van der Waals surface area contributed by atoms with Gasteiger partial charge in [-0.05, 0) is 48.4 Å². The molecule has 0 aromatic heterocycles. The number of alkyl halides is 5. The molecule has 2 aromatic carbocycles. The first-order chi connectivity index (χ1) is 12.2. The Kier molecular flexibility index (Phi) is 6.37. The summed E-state index contributed by atoms with van der Waals surface area (Å²) in [7, 11) is 0. The van der Waals surface area contributed by atoms with Crippen LogP contribution in [0.2, 0.25) is 0 Å².